The third-order valence-corrected chi connectivity index (χ3v) is 10.1. The normalized spacial score (nSPS) is 18.9. The number of sulfonamides is 1. The van der Waals surface area contributed by atoms with Gasteiger partial charge in [-0.05, 0) is 43.5 Å². The molecule has 0 spiro atoms. The summed E-state index contributed by atoms with van der Waals surface area (Å²) >= 11 is 3.24. The van der Waals surface area contributed by atoms with Crippen molar-refractivity contribution >= 4 is 45.6 Å². The first-order chi connectivity index (χ1) is 17.7. The number of rotatable bonds is 12. The van der Waals surface area contributed by atoms with Gasteiger partial charge in [-0.2, -0.15) is 11.8 Å². The molecule has 0 aromatic heterocycles. The van der Waals surface area contributed by atoms with E-state index in [4.69, 9.17) is 25.6 Å². The molecule has 0 saturated carbocycles. The second kappa shape index (κ2) is 12.0. The van der Waals surface area contributed by atoms with Crippen LogP contribution in [0.1, 0.15) is 39.2 Å². The molecule has 4 rings (SSSR count). The molecule has 1 unspecified atom stereocenters. The van der Waals surface area contributed by atoms with E-state index in [-0.39, 0.29) is 18.8 Å². The number of amidine groups is 1. The third-order valence-electron chi connectivity index (χ3n) is 6.14. The minimum absolute atomic E-state index is 0.187. The van der Waals surface area contributed by atoms with Gasteiger partial charge in [0.25, 0.3) is 0 Å². The van der Waals surface area contributed by atoms with Crippen LogP contribution in [0, 0.1) is 5.41 Å². The van der Waals surface area contributed by atoms with Crippen LogP contribution < -0.4 is 25.2 Å². The standard InChI is InChI=1S/C24H34N6O4S3/c1-4-16-9-18(26)22-23(27-12-16)30(7-6-28-37(31,32)15(2)3)24(29-22)36-21-11-20-19(33-14-34-20)10-17(21)13-35-8-5-25/h5,10-12,15,24-25,28-29H,4,6-9,13-14,26H2,1-3H3. The number of nitrogens with one attached hydrogen (secondary N) is 3. The first-order valence-electron chi connectivity index (χ1n) is 12.2. The van der Waals surface area contributed by atoms with Crippen LogP contribution in [0.3, 0.4) is 0 Å². The summed E-state index contributed by atoms with van der Waals surface area (Å²) in [6, 6.07) is 3.98. The summed E-state index contributed by atoms with van der Waals surface area (Å²) in [5.74, 6) is 3.45. The summed E-state index contributed by atoms with van der Waals surface area (Å²) in [4.78, 5) is 7.84. The average molecular weight is 567 g/mol. The van der Waals surface area contributed by atoms with Crippen LogP contribution in [0.15, 0.2) is 45.2 Å². The highest BCUT2D eigenvalue weighted by Gasteiger charge is 2.36. The molecule has 13 heteroatoms. The van der Waals surface area contributed by atoms with Crippen molar-refractivity contribution in [1.29, 1.82) is 5.41 Å². The Morgan fingerprint density at radius 1 is 1.35 bits per heavy atom. The van der Waals surface area contributed by atoms with Gasteiger partial charge in [0.2, 0.25) is 16.8 Å². The first kappa shape index (κ1) is 27.7. The van der Waals surface area contributed by atoms with E-state index >= 15 is 0 Å². The van der Waals surface area contributed by atoms with Gasteiger partial charge in [0, 0.05) is 54.0 Å². The van der Waals surface area contributed by atoms with Crippen molar-refractivity contribution in [3.63, 3.8) is 0 Å². The molecule has 1 fully saturated rings. The van der Waals surface area contributed by atoms with E-state index in [1.54, 1.807) is 37.4 Å². The summed E-state index contributed by atoms with van der Waals surface area (Å²) in [7, 11) is -3.40. The van der Waals surface area contributed by atoms with Crippen LogP contribution in [0.2, 0.25) is 0 Å². The van der Waals surface area contributed by atoms with Crippen LogP contribution in [0.25, 0.3) is 0 Å². The fourth-order valence-corrected chi connectivity index (χ4v) is 6.67. The SMILES string of the molecule is CCC1=CN=C2C(=C(N)C1)NC(Sc1cc3c(cc1CSCC=N)OCO3)N2CCNS(=O)(=O)C(C)C. The Labute approximate surface area is 227 Å². The zero-order chi connectivity index (χ0) is 26.6. The van der Waals surface area contributed by atoms with E-state index in [9.17, 15) is 8.42 Å². The number of thioether (sulfide) groups is 2. The lowest BCUT2D eigenvalue weighted by Crippen LogP contribution is -2.42. The van der Waals surface area contributed by atoms with Crippen molar-refractivity contribution in [3.8, 4) is 11.5 Å². The molecule has 0 bridgehead atoms. The van der Waals surface area contributed by atoms with Crippen LogP contribution >= 0.6 is 23.5 Å². The molecule has 1 saturated heterocycles. The smallest absolute Gasteiger partial charge is 0.231 e. The zero-order valence-corrected chi connectivity index (χ0v) is 23.7. The molecule has 0 amide bonds. The molecule has 0 aliphatic carbocycles. The number of hydrogen-bond donors (Lipinski definition) is 4. The van der Waals surface area contributed by atoms with Crippen LogP contribution in [0.5, 0.6) is 11.5 Å². The molecule has 37 heavy (non-hydrogen) atoms. The van der Waals surface area contributed by atoms with Crippen LogP contribution in [-0.2, 0) is 15.8 Å². The van der Waals surface area contributed by atoms with Gasteiger partial charge in [-0.15, -0.1) is 0 Å². The number of allylic oxidation sites excluding steroid dienone is 1. The lowest BCUT2D eigenvalue weighted by Gasteiger charge is -2.26. The monoisotopic (exact) mass is 566 g/mol. The molecule has 0 radical (unpaired) electrons. The van der Waals surface area contributed by atoms with Gasteiger partial charge in [-0.1, -0.05) is 18.7 Å². The molecule has 5 N–H and O–H groups in total. The van der Waals surface area contributed by atoms with E-state index < -0.39 is 15.3 Å². The maximum atomic E-state index is 12.4. The Kier molecular flexibility index (Phi) is 8.98. The second-order valence-corrected chi connectivity index (χ2v) is 13.5. The van der Waals surface area contributed by atoms with Crippen molar-refractivity contribution in [1.82, 2.24) is 14.9 Å². The quantitative estimate of drug-likeness (QED) is 0.222. The zero-order valence-electron chi connectivity index (χ0n) is 21.2. The first-order valence-corrected chi connectivity index (χ1v) is 15.7. The fourth-order valence-electron chi connectivity index (χ4n) is 3.97. The Hall–Kier alpha value is -2.35. The van der Waals surface area contributed by atoms with Crippen molar-refractivity contribution < 1.29 is 17.9 Å². The Balaban J connectivity index is 1.63. The van der Waals surface area contributed by atoms with Crippen molar-refractivity contribution in [2.75, 3.05) is 25.6 Å². The van der Waals surface area contributed by atoms with Gasteiger partial charge in [0.05, 0.1) is 10.9 Å². The number of aliphatic imine (C=N–C) groups is 1. The summed E-state index contributed by atoms with van der Waals surface area (Å²) in [6.07, 6.45) is 4.74. The fraction of sp³-hybridized carbons (Fsp3) is 0.500. The highest BCUT2D eigenvalue weighted by Crippen LogP contribution is 2.42. The van der Waals surface area contributed by atoms with Gasteiger partial charge in [-0.25, -0.2) is 18.1 Å². The molecular formula is C24H34N6O4S3. The average Bonchev–Trinajstić information content (AvgIpc) is 3.41. The number of ether oxygens (including phenoxy) is 2. The van der Waals surface area contributed by atoms with E-state index in [0.717, 1.165) is 28.1 Å². The number of nitrogens with two attached hydrogens (primary N) is 1. The van der Waals surface area contributed by atoms with Gasteiger partial charge >= 0.3 is 0 Å². The molecule has 3 aliphatic heterocycles. The Morgan fingerprint density at radius 3 is 2.81 bits per heavy atom. The van der Waals surface area contributed by atoms with E-state index in [0.29, 0.717) is 47.5 Å². The predicted octanol–water partition coefficient (Wildman–Crippen LogP) is 3.17. The number of benzene rings is 1. The third kappa shape index (κ3) is 6.39. The molecule has 3 heterocycles. The number of hydrogen-bond acceptors (Lipinski definition) is 11. The maximum Gasteiger partial charge on any atom is 0.231 e. The number of nitrogens with zero attached hydrogens (tertiary/aromatic N) is 2. The van der Waals surface area contributed by atoms with Crippen molar-refractivity contribution in [2.45, 2.75) is 55.0 Å². The summed E-state index contributed by atoms with van der Waals surface area (Å²) in [5, 5.41) is 10.4. The van der Waals surface area contributed by atoms with E-state index in [1.807, 2.05) is 18.3 Å². The predicted molar refractivity (Wildman–Crippen MR) is 151 cm³/mol. The summed E-state index contributed by atoms with van der Waals surface area (Å²) in [5.41, 5.74) is 9.96. The molecule has 202 valence electrons. The molecule has 1 aromatic carbocycles. The maximum absolute atomic E-state index is 12.4. The topological polar surface area (TPSA) is 142 Å². The lowest BCUT2D eigenvalue weighted by molar-refractivity contribution is 0.174. The Morgan fingerprint density at radius 2 is 2.11 bits per heavy atom. The van der Waals surface area contributed by atoms with Gasteiger partial charge in [-0.3, -0.25) is 0 Å². The van der Waals surface area contributed by atoms with Crippen molar-refractivity contribution in [2.24, 2.45) is 10.7 Å². The van der Waals surface area contributed by atoms with Gasteiger partial charge < -0.3 is 30.8 Å². The highest BCUT2D eigenvalue weighted by atomic mass is 32.2. The van der Waals surface area contributed by atoms with E-state index in [1.165, 1.54) is 6.21 Å². The lowest BCUT2D eigenvalue weighted by atomic mass is 10.1. The van der Waals surface area contributed by atoms with E-state index in [2.05, 4.69) is 21.9 Å². The van der Waals surface area contributed by atoms with Crippen LogP contribution in [0.4, 0.5) is 0 Å². The largest absolute Gasteiger partial charge is 0.454 e. The van der Waals surface area contributed by atoms with Crippen molar-refractivity contribution in [3.05, 3.63) is 40.9 Å². The molecular weight excluding hydrogens is 533 g/mol. The van der Waals surface area contributed by atoms with Gasteiger partial charge in [0.15, 0.2) is 22.8 Å². The minimum atomic E-state index is -3.40. The Bertz CT molecular complexity index is 1230. The minimum Gasteiger partial charge on any atom is -0.454 e. The van der Waals surface area contributed by atoms with Crippen LogP contribution in [-0.4, -0.2) is 61.8 Å². The highest BCUT2D eigenvalue weighted by molar-refractivity contribution is 8.00. The molecule has 3 aliphatic rings. The summed E-state index contributed by atoms with van der Waals surface area (Å²) in [6.45, 7) is 6.22. The molecule has 10 nitrogen and oxygen atoms in total. The summed E-state index contributed by atoms with van der Waals surface area (Å²) < 4.78 is 38.7. The molecule has 1 aromatic rings. The van der Waals surface area contributed by atoms with Gasteiger partial charge in [0.1, 0.15) is 0 Å². The number of fused-ring (bicyclic) bond motifs is 2. The molecule has 1 atom stereocenters. The second-order valence-electron chi connectivity index (χ2n) is 9.00.